The maximum atomic E-state index is 12.2. The Balaban J connectivity index is 1.97. The lowest BCUT2D eigenvalue weighted by molar-refractivity contribution is -0.133. The number of thioether (sulfide) groups is 1. The Hall–Kier alpha value is -2.39. The van der Waals surface area contributed by atoms with E-state index in [0.717, 1.165) is 5.56 Å². The van der Waals surface area contributed by atoms with Crippen LogP contribution >= 0.6 is 23.1 Å². The number of benzene rings is 1. The van der Waals surface area contributed by atoms with Gasteiger partial charge in [-0.15, -0.1) is 11.8 Å². The molecule has 0 radical (unpaired) electrons. The minimum absolute atomic E-state index is 0.0315. The molecule has 0 aliphatic carbocycles. The first-order valence-corrected chi connectivity index (χ1v) is 8.88. The number of aliphatic carboxylic acids is 1. The number of carboxylic acids is 1. The number of hydrogen-bond acceptors (Lipinski definition) is 7. The summed E-state index contributed by atoms with van der Waals surface area (Å²) < 4.78 is 6.57. The number of carboxylic acid groups (broad SMARTS) is 1. The summed E-state index contributed by atoms with van der Waals surface area (Å²) in [6.45, 7) is 0. The minimum atomic E-state index is -0.894. The van der Waals surface area contributed by atoms with E-state index in [2.05, 4.69) is 10.1 Å². The van der Waals surface area contributed by atoms with Crippen LogP contribution in [0.2, 0.25) is 0 Å². The Labute approximate surface area is 144 Å². The third kappa shape index (κ3) is 3.41. The van der Waals surface area contributed by atoms with Gasteiger partial charge in [-0.05, 0) is 12.1 Å². The first kappa shape index (κ1) is 16.5. The van der Waals surface area contributed by atoms with Crippen LogP contribution in [0.5, 0.6) is 5.75 Å². The van der Waals surface area contributed by atoms with Gasteiger partial charge >= 0.3 is 5.97 Å². The van der Waals surface area contributed by atoms with Crippen molar-refractivity contribution in [3.05, 3.63) is 46.4 Å². The first-order valence-electron chi connectivity index (χ1n) is 6.91. The molecule has 0 fully saturated rings. The van der Waals surface area contributed by atoms with Crippen molar-refractivity contribution in [1.82, 2.24) is 14.6 Å². The Bertz CT molecular complexity index is 951. The molecule has 0 atom stereocenters. The predicted octanol–water partition coefficient (Wildman–Crippen LogP) is 2.14. The first-order chi connectivity index (χ1) is 11.6. The molecule has 1 N–H and O–H groups in total. The summed E-state index contributed by atoms with van der Waals surface area (Å²) in [5.41, 5.74) is 1.04. The van der Waals surface area contributed by atoms with E-state index in [9.17, 15) is 9.59 Å². The summed E-state index contributed by atoms with van der Waals surface area (Å²) in [6, 6.07) is 8.80. The third-order valence-corrected chi connectivity index (χ3v) is 5.00. The monoisotopic (exact) mass is 363 g/mol. The van der Waals surface area contributed by atoms with E-state index in [1.165, 1.54) is 33.7 Å². The van der Waals surface area contributed by atoms with Crippen molar-refractivity contribution < 1.29 is 14.6 Å². The zero-order chi connectivity index (χ0) is 17.1. The highest BCUT2D eigenvalue weighted by Gasteiger charge is 2.14. The molecule has 3 aromatic rings. The highest BCUT2D eigenvalue weighted by molar-refractivity contribution is 7.99. The molecule has 24 heavy (non-hydrogen) atoms. The lowest BCUT2D eigenvalue weighted by Gasteiger charge is -2.03. The van der Waals surface area contributed by atoms with Crippen LogP contribution in [0.25, 0.3) is 15.5 Å². The molecule has 0 unspecified atom stereocenters. The van der Waals surface area contributed by atoms with Crippen molar-refractivity contribution in [2.24, 2.45) is 0 Å². The number of para-hydroxylation sites is 1. The van der Waals surface area contributed by atoms with Gasteiger partial charge in [0.15, 0.2) is 5.01 Å². The molecular formula is C15H13N3O4S2. The number of aromatic nitrogens is 3. The SMILES string of the molecule is COc1ccccc1-c1nn2c(=O)cc(CSCC(=O)O)nc2s1. The van der Waals surface area contributed by atoms with E-state index in [0.29, 0.717) is 27.2 Å². The van der Waals surface area contributed by atoms with Gasteiger partial charge < -0.3 is 9.84 Å². The molecule has 0 amide bonds. The van der Waals surface area contributed by atoms with Crippen molar-refractivity contribution >= 4 is 34.0 Å². The average molecular weight is 363 g/mol. The molecule has 0 saturated heterocycles. The second-order valence-electron chi connectivity index (χ2n) is 4.77. The molecule has 0 bridgehead atoms. The van der Waals surface area contributed by atoms with Crippen LogP contribution in [0.4, 0.5) is 0 Å². The van der Waals surface area contributed by atoms with Gasteiger partial charge in [-0.1, -0.05) is 23.5 Å². The van der Waals surface area contributed by atoms with Crippen LogP contribution in [-0.2, 0) is 10.5 Å². The van der Waals surface area contributed by atoms with Gasteiger partial charge in [0.2, 0.25) is 4.96 Å². The molecule has 0 saturated carbocycles. The van der Waals surface area contributed by atoms with Gasteiger partial charge in [-0.25, -0.2) is 4.98 Å². The normalized spacial score (nSPS) is 10.9. The Morgan fingerprint density at radius 2 is 2.21 bits per heavy atom. The van der Waals surface area contributed by atoms with Crippen LogP contribution < -0.4 is 10.3 Å². The van der Waals surface area contributed by atoms with Crippen LogP contribution in [0.3, 0.4) is 0 Å². The molecule has 2 heterocycles. The van der Waals surface area contributed by atoms with Gasteiger partial charge in [0.1, 0.15) is 5.75 Å². The molecule has 3 rings (SSSR count). The van der Waals surface area contributed by atoms with E-state index < -0.39 is 5.97 Å². The van der Waals surface area contributed by atoms with Gasteiger partial charge in [0.05, 0.1) is 24.1 Å². The summed E-state index contributed by atoms with van der Waals surface area (Å²) in [5.74, 6) is 0.103. The molecule has 0 aliphatic rings. The predicted molar refractivity (Wildman–Crippen MR) is 92.9 cm³/mol. The van der Waals surface area contributed by atoms with E-state index >= 15 is 0 Å². The number of carbonyl (C=O) groups is 1. The average Bonchev–Trinajstić information content (AvgIpc) is 2.99. The van der Waals surface area contributed by atoms with E-state index in [-0.39, 0.29) is 11.3 Å². The summed E-state index contributed by atoms with van der Waals surface area (Å²) in [4.78, 5) is 27.6. The molecule has 2 aromatic heterocycles. The van der Waals surface area contributed by atoms with Gasteiger partial charge in [-0.3, -0.25) is 9.59 Å². The molecule has 9 heteroatoms. The van der Waals surface area contributed by atoms with E-state index in [1.807, 2.05) is 24.3 Å². The second kappa shape index (κ2) is 7.02. The Kier molecular flexibility index (Phi) is 4.81. The summed E-state index contributed by atoms with van der Waals surface area (Å²) in [7, 11) is 1.58. The lowest BCUT2D eigenvalue weighted by Crippen LogP contribution is -2.15. The van der Waals surface area contributed by atoms with Crippen molar-refractivity contribution in [3.63, 3.8) is 0 Å². The summed E-state index contributed by atoms with van der Waals surface area (Å²) >= 11 is 2.48. The number of rotatable bonds is 6. The molecule has 7 nitrogen and oxygen atoms in total. The zero-order valence-corrected chi connectivity index (χ0v) is 14.3. The smallest absolute Gasteiger partial charge is 0.313 e. The molecule has 124 valence electrons. The van der Waals surface area contributed by atoms with E-state index in [1.54, 1.807) is 7.11 Å². The van der Waals surface area contributed by atoms with Crippen molar-refractivity contribution in [3.8, 4) is 16.3 Å². The van der Waals surface area contributed by atoms with Crippen LogP contribution in [0.1, 0.15) is 5.69 Å². The van der Waals surface area contributed by atoms with Crippen molar-refractivity contribution in [2.75, 3.05) is 12.9 Å². The largest absolute Gasteiger partial charge is 0.496 e. The number of methoxy groups -OCH3 is 1. The number of nitrogens with zero attached hydrogens (tertiary/aromatic N) is 3. The minimum Gasteiger partial charge on any atom is -0.496 e. The van der Waals surface area contributed by atoms with Gasteiger partial charge in [-0.2, -0.15) is 9.61 Å². The number of fused-ring (bicyclic) bond motifs is 1. The van der Waals surface area contributed by atoms with Crippen LogP contribution in [0.15, 0.2) is 35.1 Å². The Morgan fingerprint density at radius 3 is 2.96 bits per heavy atom. The summed E-state index contributed by atoms with van der Waals surface area (Å²) in [6.07, 6.45) is 0. The quantitative estimate of drug-likeness (QED) is 0.717. The highest BCUT2D eigenvalue weighted by Crippen LogP contribution is 2.32. The number of hydrogen-bond donors (Lipinski definition) is 1. The third-order valence-electron chi connectivity index (χ3n) is 3.11. The van der Waals surface area contributed by atoms with Gasteiger partial charge in [0, 0.05) is 11.8 Å². The fourth-order valence-electron chi connectivity index (χ4n) is 2.10. The maximum absolute atomic E-state index is 12.2. The topological polar surface area (TPSA) is 93.8 Å². The van der Waals surface area contributed by atoms with E-state index in [4.69, 9.17) is 9.84 Å². The van der Waals surface area contributed by atoms with Crippen molar-refractivity contribution in [1.29, 1.82) is 0 Å². The highest BCUT2D eigenvalue weighted by atomic mass is 32.2. The van der Waals surface area contributed by atoms with Crippen LogP contribution in [0, 0.1) is 0 Å². The maximum Gasteiger partial charge on any atom is 0.313 e. The molecule has 0 spiro atoms. The number of ether oxygens (including phenoxy) is 1. The van der Waals surface area contributed by atoms with Gasteiger partial charge in [0.25, 0.3) is 5.56 Å². The fourth-order valence-corrected chi connectivity index (χ4v) is 3.69. The molecule has 1 aromatic carbocycles. The van der Waals surface area contributed by atoms with Crippen LogP contribution in [-0.4, -0.2) is 38.5 Å². The fraction of sp³-hybridized carbons (Fsp3) is 0.200. The zero-order valence-electron chi connectivity index (χ0n) is 12.6. The lowest BCUT2D eigenvalue weighted by atomic mass is 10.2. The Morgan fingerprint density at radius 1 is 1.42 bits per heavy atom. The molecular weight excluding hydrogens is 350 g/mol. The standard InChI is InChI=1S/C15H13N3O4S2/c1-22-11-5-3-2-4-10(11)14-17-18-12(19)6-9(16-15(18)24-14)7-23-8-13(20)21/h2-6H,7-8H2,1H3,(H,20,21). The molecule has 0 aliphatic heterocycles. The second-order valence-corrected chi connectivity index (χ2v) is 6.72. The van der Waals surface area contributed by atoms with Crippen molar-refractivity contribution in [2.45, 2.75) is 5.75 Å². The summed E-state index contributed by atoms with van der Waals surface area (Å²) in [5, 5.41) is 13.6.